The van der Waals surface area contributed by atoms with Gasteiger partial charge >= 0.3 is 5.97 Å². The molecule has 0 aromatic rings. The lowest BCUT2D eigenvalue weighted by atomic mass is 9.42. The summed E-state index contributed by atoms with van der Waals surface area (Å²) in [7, 11) is -0.942. The zero-order chi connectivity index (χ0) is 41.3. The van der Waals surface area contributed by atoms with E-state index >= 15 is 0 Å². The van der Waals surface area contributed by atoms with E-state index in [1.807, 2.05) is 27.7 Å². The van der Waals surface area contributed by atoms with Gasteiger partial charge in [0.2, 0.25) is 0 Å². The summed E-state index contributed by atoms with van der Waals surface area (Å²) in [5, 5.41) is 47.0. The van der Waals surface area contributed by atoms with Crippen molar-refractivity contribution >= 4 is 16.8 Å². The molecule has 4 saturated carbocycles. The highest BCUT2D eigenvalue weighted by Crippen LogP contribution is 2.70. The third-order valence-corrected chi connectivity index (χ3v) is 16.9. The Morgan fingerprint density at radius 1 is 0.828 bits per heavy atom. The number of hydrogen-bond donors (Lipinski definition) is 4. The summed E-state index contributed by atoms with van der Waals surface area (Å²) in [5.74, 6) is 0.721. The van der Waals surface area contributed by atoms with Crippen LogP contribution in [0.25, 0.3) is 0 Å². The van der Waals surface area contributed by atoms with Crippen LogP contribution in [0.1, 0.15) is 105 Å². The molecule has 330 valence electrons. The number of nitrogens with zero attached hydrogens (tertiary/aromatic N) is 1. The Bertz CT molecular complexity index is 1530. The van der Waals surface area contributed by atoms with Crippen molar-refractivity contribution in [3.63, 3.8) is 0 Å². The average Bonchev–Trinajstić information content (AvgIpc) is 3.64. The van der Waals surface area contributed by atoms with Gasteiger partial charge in [0, 0.05) is 60.9 Å². The second-order valence-electron chi connectivity index (χ2n) is 19.7. The van der Waals surface area contributed by atoms with Crippen molar-refractivity contribution in [2.75, 3.05) is 31.8 Å². The Hall–Kier alpha value is -1.08. The summed E-state index contributed by atoms with van der Waals surface area (Å²) in [6.45, 7) is 11.7. The van der Waals surface area contributed by atoms with Crippen molar-refractivity contribution < 1.29 is 62.6 Å². The molecule has 4 aliphatic heterocycles. The van der Waals surface area contributed by atoms with Crippen molar-refractivity contribution in [1.82, 2.24) is 4.90 Å². The lowest BCUT2D eigenvalue weighted by Gasteiger charge is -2.65. The number of esters is 1. The van der Waals surface area contributed by atoms with Gasteiger partial charge in [-0.2, -0.15) is 0 Å². The first-order valence-electron chi connectivity index (χ1n) is 22.1. The molecular weight excluding hydrogens is 771 g/mol. The van der Waals surface area contributed by atoms with E-state index in [0.717, 1.165) is 44.1 Å². The molecule has 0 bridgehead atoms. The number of ether oxygens (including phenoxy) is 7. The molecule has 4 heterocycles. The third kappa shape index (κ3) is 8.04. The molecule has 7 fully saturated rings. The molecule has 0 aromatic heterocycles. The van der Waals surface area contributed by atoms with Gasteiger partial charge in [-0.1, -0.05) is 13.8 Å². The molecule has 0 amide bonds. The summed E-state index contributed by atoms with van der Waals surface area (Å²) in [4.78, 5) is 14.1. The lowest BCUT2D eigenvalue weighted by Crippen LogP contribution is -2.67. The number of fused-ring (bicyclic) bond motifs is 5. The van der Waals surface area contributed by atoms with Crippen molar-refractivity contribution in [3.05, 3.63) is 11.6 Å². The van der Waals surface area contributed by atoms with Gasteiger partial charge in [0.05, 0.1) is 54.2 Å². The van der Waals surface area contributed by atoms with E-state index < -0.39 is 83.4 Å². The summed E-state index contributed by atoms with van der Waals surface area (Å²) in [6.07, 6.45) is 4.07. The maximum absolute atomic E-state index is 12.6. The van der Waals surface area contributed by atoms with E-state index in [4.69, 9.17) is 33.2 Å². The van der Waals surface area contributed by atoms with Gasteiger partial charge in [-0.05, 0) is 107 Å². The minimum Gasteiger partial charge on any atom is -0.458 e. The number of cyclic esters (lactones) is 1. The van der Waals surface area contributed by atoms with Crippen molar-refractivity contribution in [2.24, 2.45) is 34.5 Å². The summed E-state index contributed by atoms with van der Waals surface area (Å²) >= 11 is 0. The fraction of sp³-hybridized carbons (Fsp3) is 0.930. The Morgan fingerprint density at radius 3 is 2.14 bits per heavy atom. The molecule has 4 N–H and O–H groups in total. The smallest absolute Gasteiger partial charge is 0.331 e. The topological polar surface area (TPSA) is 183 Å². The number of rotatable bonds is 9. The van der Waals surface area contributed by atoms with E-state index in [1.165, 1.54) is 0 Å². The molecule has 58 heavy (non-hydrogen) atoms. The number of aliphatic hydroxyl groups is 4. The van der Waals surface area contributed by atoms with Gasteiger partial charge in [-0.15, -0.1) is 0 Å². The molecule has 20 atom stereocenters. The molecule has 0 aromatic carbocycles. The average molecular weight is 840 g/mol. The minimum atomic E-state index is -1.01. The zero-order valence-electron chi connectivity index (χ0n) is 35.2. The van der Waals surface area contributed by atoms with Crippen LogP contribution in [-0.4, -0.2) is 147 Å². The van der Waals surface area contributed by atoms with Crippen LogP contribution in [0.15, 0.2) is 11.6 Å². The van der Waals surface area contributed by atoms with Crippen LogP contribution in [-0.2, 0) is 48.8 Å². The molecule has 4 aliphatic carbocycles. The van der Waals surface area contributed by atoms with E-state index in [0.29, 0.717) is 44.1 Å². The highest BCUT2D eigenvalue weighted by molar-refractivity contribution is 7.84. The second-order valence-corrected chi connectivity index (χ2v) is 21.1. The lowest BCUT2D eigenvalue weighted by molar-refractivity contribution is -0.329. The van der Waals surface area contributed by atoms with Gasteiger partial charge < -0.3 is 53.6 Å². The molecule has 6 unspecified atom stereocenters. The molecule has 14 nitrogen and oxygen atoms in total. The van der Waals surface area contributed by atoms with Crippen molar-refractivity contribution in [3.8, 4) is 0 Å². The second kappa shape index (κ2) is 16.9. The molecular formula is C43H69NO13S. The number of hydrogen-bond acceptors (Lipinski definition) is 14. The standard InChI is InChI=1S/C43H69NO13S/c1-23-20-44(22-58(6)50)14-11-36(52-23)56-39-24(2)54-38(19-33(39)46)57-40-25(3)53-37(18-32(40)45)55-28-9-12-41(4)27(16-28)7-8-30-31(41)17-34(47)42(5)29(10-13-43(30,42)49)26-15-35(48)51-21-26/h15,23-25,27-34,36-40,45-47,49H,7-14,16-22H2,1-6H3/t23?,24-,25-,27?,28-,29+,30?,31?,32-,33-,34-,36?,37-,38-,39+,40+,41-,42-,43-,58?/m0/s1. The third-order valence-electron chi connectivity index (χ3n) is 16.2. The number of carbonyl (C=O) groups excluding carboxylic acids is 1. The highest BCUT2D eigenvalue weighted by atomic mass is 32.2. The molecule has 0 radical (unpaired) electrons. The Balaban J connectivity index is 0.823. The quantitative estimate of drug-likeness (QED) is 0.196. The van der Waals surface area contributed by atoms with Crippen LogP contribution >= 0.6 is 0 Å². The Labute approximate surface area is 346 Å². The monoisotopic (exact) mass is 839 g/mol. The van der Waals surface area contributed by atoms with Crippen LogP contribution in [0.3, 0.4) is 0 Å². The van der Waals surface area contributed by atoms with E-state index in [2.05, 4.69) is 11.8 Å². The first-order chi connectivity index (χ1) is 27.5. The first-order valence-corrected chi connectivity index (χ1v) is 23.8. The zero-order valence-corrected chi connectivity index (χ0v) is 36.1. The summed E-state index contributed by atoms with van der Waals surface area (Å²) in [5.41, 5.74) is -0.867. The fourth-order valence-corrected chi connectivity index (χ4v) is 14.0. The normalized spacial score (nSPS) is 51.8. The molecule has 3 saturated heterocycles. The minimum absolute atomic E-state index is 0.0326. The van der Waals surface area contributed by atoms with Crippen LogP contribution in [0, 0.1) is 34.5 Å². The van der Waals surface area contributed by atoms with Gasteiger partial charge in [0.1, 0.15) is 18.8 Å². The maximum atomic E-state index is 12.6. The van der Waals surface area contributed by atoms with Crippen LogP contribution in [0.5, 0.6) is 0 Å². The Kier molecular flexibility index (Phi) is 12.7. The fourth-order valence-electron chi connectivity index (χ4n) is 13.2. The predicted molar refractivity (Wildman–Crippen MR) is 211 cm³/mol. The van der Waals surface area contributed by atoms with Gasteiger partial charge in [0.15, 0.2) is 18.9 Å². The van der Waals surface area contributed by atoms with Crippen LogP contribution in [0.2, 0.25) is 0 Å². The molecule has 15 heteroatoms. The first kappa shape index (κ1) is 43.6. The molecule has 0 spiro atoms. The largest absolute Gasteiger partial charge is 0.458 e. The number of carbonyl (C=O) groups is 1. The van der Waals surface area contributed by atoms with Crippen LogP contribution < -0.4 is 0 Å². The van der Waals surface area contributed by atoms with E-state index in [-0.39, 0.29) is 60.8 Å². The SMILES string of the molecule is CC1CN(CS(C)=O)CCC(O[C@@H]2[C@H](C)O[C@@H](O[C@@H]3[C@H](C)O[C@@H](O[C@H]4CC[C@@]5(C)C(CCC6C5C[C@H](O)[C@]5(C)[C@@H](C7=CC(=O)OC7)CC[C@]65O)C4)C[C@@H]3O)C[C@@H]2O)O1. The summed E-state index contributed by atoms with van der Waals surface area (Å²) in [6, 6.07) is 0. The van der Waals surface area contributed by atoms with Crippen LogP contribution in [0.4, 0.5) is 0 Å². The van der Waals surface area contributed by atoms with Gasteiger partial charge in [0.25, 0.3) is 0 Å². The summed E-state index contributed by atoms with van der Waals surface area (Å²) < 4.78 is 54.9. The van der Waals surface area contributed by atoms with E-state index in [1.54, 1.807) is 12.3 Å². The maximum Gasteiger partial charge on any atom is 0.331 e. The molecule has 8 rings (SSSR count). The number of aliphatic hydroxyl groups excluding tert-OH is 3. The van der Waals surface area contributed by atoms with Crippen molar-refractivity contribution in [1.29, 1.82) is 0 Å². The predicted octanol–water partition coefficient (Wildman–Crippen LogP) is 3.13. The Morgan fingerprint density at radius 2 is 1.50 bits per heavy atom. The van der Waals surface area contributed by atoms with Crippen molar-refractivity contribution in [2.45, 2.75) is 185 Å². The highest BCUT2D eigenvalue weighted by Gasteiger charge is 2.71. The van der Waals surface area contributed by atoms with E-state index in [9.17, 15) is 29.4 Å². The van der Waals surface area contributed by atoms with Gasteiger partial charge in [-0.3, -0.25) is 9.11 Å². The molecule has 8 aliphatic rings. The van der Waals surface area contributed by atoms with Gasteiger partial charge in [-0.25, -0.2) is 4.79 Å².